The lowest BCUT2D eigenvalue weighted by molar-refractivity contribution is -0.123. The van der Waals surface area contributed by atoms with E-state index in [1.54, 1.807) is 0 Å². The second kappa shape index (κ2) is 10.6. The Labute approximate surface area is 140 Å². The van der Waals surface area contributed by atoms with E-state index in [0.29, 0.717) is 19.6 Å². The third-order valence-electron chi connectivity index (χ3n) is 3.49. The average molecular weight is 318 g/mol. The van der Waals surface area contributed by atoms with Crippen molar-refractivity contribution in [3.63, 3.8) is 0 Å². The molecule has 0 saturated heterocycles. The predicted octanol–water partition coefficient (Wildman–Crippen LogP) is 2.08. The molecule has 1 aromatic rings. The molecule has 0 spiro atoms. The summed E-state index contributed by atoms with van der Waals surface area (Å²) < 4.78 is 0. The van der Waals surface area contributed by atoms with Crippen molar-refractivity contribution in [2.45, 2.75) is 40.7 Å². The van der Waals surface area contributed by atoms with Gasteiger partial charge in [0.05, 0.1) is 6.54 Å². The molecule has 0 saturated carbocycles. The number of hydrogen-bond donors (Lipinski definition) is 3. The molecule has 3 N–H and O–H groups in total. The third kappa shape index (κ3) is 7.17. The van der Waals surface area contributed by atoms with Crippen LogP contribution in [0.25, 0.3) is 0 Å². The molecule has 1 amide bonds. The first kappa shape index (κ1) is 19.0. The molecule has 1 aromatic carbocycles. The smallest absolute Gasteiger partial charge is 0.222 e. The van der Waals surface area contributed by atoms with Crippen LogP contribution in [0.4, 0.5) is 0 Å². The van der Waals surface area contributed by atoms with Gasteiger partial charge in [-0.15, -0.1) is 0 Å². The van der Waals surface area contributed by atoms with Gasteiger partial charge in [-0.1, -0.05) is 45.0 Å². The molecule has 0 atom stereocenters. The summed E-state index contributed by atoms with van der Waals surface area (Å²) in [6.45, 7) is 10.7. The number of aryl methyl sites for hydroxylation is 1. The molecule has 128 valence electrons. The Morgan fingerprint density at radius 1 is 1.04 bits per heavy atom. The highest BCUT2D eigenvalue weighted by Gasteiger charge is 2.05. The molecule has 0 aliphatic heterocycles. The van der Waals surface area contributed by atoms with Crippen LogP contribution in [0, 0.1) is 5.92 Å². The molecular formula is C18H30N4O. The van der Waals surface area contributed by atoms with Crippen LogP contribution in [0.5, 0.6) is 0 Å². The highest BCUT2D eigenvalue weighted by atomic mass is 16.1. The van der Waals surface area contributed by atoms with Crippen LogP contribution < -0.4 is 16.0 Å². The predicted molar refractivity (Wildman–Crippen MR) is 96.5 cm³/mol. The van der Waals surface area contributed by atoms with Crippen molar-refractivity contribution in [2.75, 3.05) is 19.6 Å². The van der Waals surface area contributed by atoms with E-state index in [-0.39, 0.29) is 11.8 Å². The zero-order valence-electron chi connectivity index (χ0n) is 14.8. The van der Waals surface area contributed by atoms with Crippen molar-refractivity contribution >= 4 is 11.9 Å². The molecular weight excluding hydrogens is 288 g/mol. The highest BCUT2D eigenvalue weighted by Crippen LogP contribution is 2.10. The van der Waals surface area contributed by atoms with Gasteiger partial charge in [-0.05, 0) is 24.5 Å². The molecule has 0 heterocycles. The standard InChI is InChI=1S/C18H30N4O/c1-5-15-9-7-8-10-16(15)13-22-18(19-6-2)21-12-11-20-17(23)14(3)4/h7-10,14H,5-6,11-13H2,1-4H3,(H,20,23)(H2,19,21,22). The van der Waals surface area contributed by atoms with Crippen LogP contribution >= 0.6 is 0 Å². The first-order valence-corrected chi connectivity index (χ1v) is 8.45. The Kier molecular flexibility index (Phi) is 8.80. The maximum absolute atomic E-state index is 11.5. The minimum atomic E-state index is 0.0162. The lowest BCUT2D eigenvalue weighted by atomic mass is 10.1. The number of carbonyl (C=O) groups is 1. The first-order valence-electron chi connectivity index (χ1n) is 8.45. The number of rotatable bonds is 8. The summed E-state index contributed by atoms with van der Waals surface area (Å²) in [5.74, 6) is 0.866. The Bertz CT molecular complexity index is 511. The maximum atomic E-state index is 11.5. The van der Waals surface area contributed by atoms with E-state index in [0.717, 1.165) is 18.9 Å². The summed E-state index contributed by atoms with van der Waals surface area (Å²) in [5.41, 5.74) is 2.58. The second-order valence-corrected chi connectivity index (χ2v) is 5.69. The topological polar surface area (TPSA) is 65.5 Å². The minimum Gasteiger partial charge on any atom is -0.357 e. The maximum Gasteiger partial charge on any atom is 0.222 e. The van der Waals surface area contributed by atoms with Crippen molar-refractivity contribution in [2.24, 2.45) is 10.9 Å². The van der Waals surface area contributed by atoms with E-state index in [2.05, 4.69) is 46.1 Å². The van der Waals surface area contributed by atoms with Crippen molar-refractivity contribution in [3.8, 4) is 0 Å². The van der Waals surface area contributed by atoms with E-state index in [1.807, 2.05) is 26.8 Å². The Balaban J connectivity index is 2.51. The van der Waals surface area contributed by atoms with Gasteiger partial charge in [-0.2, -0.15) is 0 Å². The first-order chi connectivity index (χ1) is 11.1. The number of hydrogen-bond acceptors (Lipinski definition) is 2. The molecule has 0 aliphatic rings. The fourth-order valence-electron chi connectivity index (χ4n) is 2.13. The quantitative estimate of drug-likeness (QED) is 0.390. The number of aliphatic imine (C=N–C) groups is 1. The van der Waals surface area contributed by atoms with E-state index < -0.39 is 0 Å². The molecule has 0 radical (unpaired) electrons. The molecule has 23 heavy (non-hydrogen) atoms. The van der Waals surface area contributed by atoms with Crippen molar-refractivity contribution in [1.82, 2.24) is 16.0 Å². The van der Waals surface area contributed by atoms with Crippen LogP contribution in [0.15, 0.2) is 29.3 Å². The van der Waals surface area contributed by atoms with E-state index in [4.69, 9.17) is 0 Å². The van der Waals surface area contributed by atoms with Gasteiger partial charge in [0.25, 0.3) is 0 Å². The summed E-state index contributed by atoms with van der Waals surface area (Å²) in [4.78, 5) is 16.1. The molecule has 0 aromatic heterocycles. The third-order valence-corrected chi connectivity index (χ3v) is 3.49. The number of nitrogens with one attached hydrogen (secondary N) is 3. The van der Waals surface area contributed by atoms with Crippen molar-refractivity contribution < 1.29 is 4.79 Å². The van der Waals surface area contributed by atoms with E-state index >= 15 is 0 Å². The van der Waals surface area contributed by atoms with E-state index in [9.17, 15) is 4.79 Å². The fourth-order valence-corrected chi connectivity index (χ4v) is 2.13. The molecule has 0 unspecified atom stereocenters. The van der Waals surface area contributed by atoms with Crippen LogP contribution in [-0.4, -0.2) is 31.5 Å². The number of carbonyl (C=O) groups excluding carboxylic acids is 1. The average Bonchev–Trinajstić information content (AvgIpc) is 2.56. The lowest BCUT2D eigenvalue weighted by Crippen LogP contribution is -2.42. The summed E-state index contributed by atoms with van der Waals surface area (Å²) >= 11 is 0. The Morgan fingerprint density at radius 2 is 1.70 bits per heavy atom. The van der Waals surface area contributed by atoms with E-state index in [1.165, 1.54) is 11.1 Å². The van der Waals surface area contributed by atoms with Gasteiger partial charge < -0.3 is 16.0 Å². The highest BCUT2D eigenvalue weighted by molar-refractivity contribution is 5.80. The summed E-state index contributed by atoms with van der Waals surface area (Å²) in [6, 6.07) is 8.38. The van der Waals surface area contributed by atoms with Gasteiger partial charge in [0.15, 0.2) is 5.96 Å². The largest absolute Gasteiger partial charge is 0.357 e. The van der Waals surface area contributed by atoms with Gasteiger partial charge in [0, 0.05) is 25.6 Å². The Morgan fingerprint density at radius 3 is 2.30 bits per heavy atom. The molecule has 5 nitrogen and oxygen atoms in total. The zero-order chi connectivity index (χ0) is 17.1. The molecule has 0 bridgehead atoms. The zero-order valence-corrected chi connectivity index (χ0v) is 14.8. The fraction of sp³-hybridized carbons (Fsp3) is 0.556. The summed E-state index contributed by atoms with van der Waals surface area (Å²) in [5, 5.41) is 9.36. The van der Waals surface area contributed by atoms with Gasteiger partial charge in [0.1, 0.15) is 0 Å². The summed E-state index contributed by atoms with van der Waals surface area (Å²) in [6.07, 6.45) is 1.01. The molecule has 0 aliphatic carbocycles. The van der Waals surface area contributed by atoms with Crippen molar-refractivity contribution in [3.05, 3.63) is 35.4 Å². The lowest BCUT2D eigenvalue weighted by Gasteiger charge is -2.13. The van der Waals surface area contributed by atoms with Gasteiger partial charge >= 0.3 is 0 Å². The van der Waals surface area contributed by atoms with Crippen LogP contribution in [0.3, 0.4) is 0 Å². The molecule has 0 fully saturated rings. The monoisotopic (exact) mass is 318 g/mol. The molecule has 5 heteroatoms. The van der Waals surface area contributed by atoms with Crippen LogP contribution in [0.2, 0.25) is 0 Å². The number of amides is 1. The molecule has 1 rings (SSSR count). The van der Waals surface area contributed by atoms with Crippen molar-refractivity contribution in [1.29, 1.82) is 0 Å². The number of benzene rings is 1. The van der Waals surface area contributed by atoms with Crippen LogP contribution in [-0.2, 0) is 17.8 Å². The number of guanidine groups is 1. The number of nitrogens with zero attached hydrogens (tertiary/aromatic N) is 1. The normalized spacial score (nSPS) is 11.4. The SMILES string of the molecule is CCNC(=NCc1ccccc1CC)NCCNC(=O)C(C)C. The van der Waals surface area contributed by atoms with Crippen LogP contribution in [0.1, 0.15) is 38.8 Å². The second-order valence-electron chi connectivity index (χ2n) is 5.69. The Hall–Kier alpha value is -2.04. The summed E-state index contributed by atoms with van der Waals surface area (Å²) in [7, 11) is 0. The minimum absolute atomic E-state index is 0.0162. The van der Waals surface area contributed by atoms with Gasteiger partial charge in [-0.3, -0.25) is 4.79 Å². The van der Waals surface area contributed by atoms with Gasteiger partial charge in [0.2, 0.25) is 5.91 Å². The van der Waals surface area contributed by atoms with Gasteiger partial charge in [-0.25, -0.2) is 4.99 Å².